The molecule has 0 bridgehead atoms. The summed E-state index contributed by atoms with van der Waals surface area (Å²) in [6.45, 7) is 7.24. The number of carbonyl (C=O) groups excluding carboxylic acids is 2. The highest BCUT2D eigenvalue weighted by molar-refractivity contribution is 7.13. The van der Waals surface area contributed by atoms with Gasteiger partial charge in [0.1, 0.15) is 10.6 Å². The topological polar surface area (TPSA) is 86.8 Å². The molecule has 1 aromatic heterocycles. The zero-order valence-electron chi connectivity index (χ0n) is 12.1. The fourth-order valence-corrected chi connectivity index (χ4v) is 2.03. The summed E-state index contributed by atoms with van der Waals surface area (Å²) in [6, 6.07) is 0. The number of thiazole rings is 1. The Morgan fingerprint density at radius 3 is 2.55 bits per heavy atom. The van der Waals surface area contributed by atoms with E-state index in [1.807, 2.05) is 0 Å². The lowest BCUT2D eigenvalue weighted by Crippen LogP contribution is -2.32. The van der Waals surface area contributed by atoms with Crippen molar-refractivity contribution in [3.05, 3.63) is 10.7 Å². The molecule has 7 nitrogen and oxygen atoms in total. The van der Waals surface area contributed by atoms with E-state index in [0.29, 0.717) is 15.8 Å². The first kappa shape index (κ1) is 16.2. The fourth-order valence-electron chi connectivity index (χ4n) is 1.19. The van der Waals surface area contributed by atoms with Crippen molar-refractivity contribution >= 4 is 23.6 Å². The van der Waals surface area contributed by atoms with E-state index >= 15 is 0 Å². The summed E-state index contributed by atoms with van der Waals surface area (Å²) in [5.74, 6) is 0. The molecule has 112 valence electrons. The molecule has 0 saturated heterocycles. The SMILES string of the molecule is COC(=O)Oc1sc(CNC(=O)OC(C)(C)C)nc1C. The van der Waals surface area contributed by atoms with E-state index in [4.69, 9.17) is 9.47 Å². The molecule has 1 amide bonds. The third-order valence-corrected chi connectivity index (χ3v) is 2.96. The highest BCUT2D eigenvalue weighted by Crippen LogP contribution is 2.27. The summed E-state index contributed by atoms with van der Waals surface area (Å²) >= 11 is 1.16. The van der Waals surface area contributed by atoms with Gasteiger partial charge < -0.3 is 19.5 Å². The predicted octanol–water partition coefficient (Wildman–Crippen LogP) is 2.62. The molecular weight excluding hydrogens is 284 g/mol. The van der Waals surface area contributed by atoms with Gasteiger partial charge in [0.2, 0.25) is 5.06 Å². The van der Waals surface area contributed by atoms with Gasteiger partial charge in [0.15, 0.2) is 0 Å². The molecule has 0 aliphatic rings. The molecule has 0 radical (unpaired) electrons. The normalized spacial score (nSPS) is 10.8. The number of hydrogen-bond donors (Lipinski definition) is 1. The van der Waals surface area contributed by atoms with Crippen molar-refractivity contribution in [1.29, 1.82) is 0 Å². The molecule has 20 heavy (non-hydrogen) atoms. The highest BCUT2D eigenvalue weighted by Gasteiger charge is 2.17. The van der Waals surface area contributed by atoms with Gasteiger partial charge in [-0.25, -0.2) is 14.6 Å². The van der Waals surface area contributed by atoms with Crippen LogP contribution in [0.5, 0.6) is 5.06 Å². The zero-order valence-corrected chi connectivity index (χ0v) is 12.9. The minimum atomic E-state index is -0.802. The van der Waals surface area contributed by atoms with Crippen molar-refractivity contribution in [2.75, 3.05) is 7.11 Å². The number of rotatable bonds is 3. The van der Waals surface area contributed by atoms with Crippen LogP contribution in [0.1, 0.15) is 31.5 Å². The van der Waals surface area contributed by atoms with Crippen molar-refractivity contribution in [2.45, 2.75) is 39.8 Å². The Kier molecular flexibility index (Phi) is 5.32. The second-order valence-corrected chi connectivity index (χ2v) is 5.94. The number of aromatic nitrogens is 1. The maximum absolute atomic E-state index is 11.5. The van der Waals surface area contributed by atoms with Crippen LogP contribution < -0.4 is 10.1 Å². The number of methoxy groups -OCH3 is 1. The van der Waals surface area contributed by atoms with Gasteiger partial charge in [-0.2, -0.15) is 0 Å². The number of amides is 1. The summed E-state index contributed by atoms with van der Waals surface area (Å²) in [5, 5.41) is 3.53. The van der Waals surface area contributed by atoms with Gasteiger partial charge in [0.05, 0.1) is 19.3 Å². The van der Waals surface area contributed by atoms with Gasteiger partial charge in [-0.3, -0.25) is 0 Å². The lowest BCUT2D eigenvalue weighted by molar-refractivity contribution is 0.0523. The Bertz CT molecular complexity index is 493. The third kappa shape index (κ3) is 5.43. The smallest absolute Gasteiger partial charge is 0.444 e. The summed E-state index contributed by atoms with van der Waals surface area (Å²) in [5.41, 5.74) is 0.00330. The van der Waals surface area contributed by atoms with E-state index in [0.717, 1.165) is 11.3 Å². The van der Waals surface area contributed by atoms with Crippen LogP contribution in [0, 0.1) is 6.92 Å². The molecule has 0 atom stereocenters. The molecular formula is C12H18N2O5S. The monoisotopic (exact) mass is 302 g/mol. The molecule has 1 N–H and O–H groups in total. The minimum Gasteiger partial charge on any atom is -0.444 e. The van der Waals surface area contributed by atoms with Gasteiger partial charge in [-0.15, -0.1) is 0 Å². The van der Waals surface area contributed by atoms with Gasteiger partial charge >= 0.3 is 12.2 Å². The highest BCUT2D eigenvalue weighted by atomic mass is 32.1. The number of aryl methyl sites for hydroxylation is 1. The zero-order chi connectivity index (χ0) is 15.3. The predicted molar refractivity (Wildman–Crippen MR) is 73.0 cm³/mol. The summed E-state index contributed by atoms with van der Waals surface area (Å²) < 4.78 is 14.4. The Labute approximate surface area is 121 Å². The van der Waals surface area contributed by atoms with E-state index in [1.54, 1.807) is 27.7 Å². The Morgan fingerprint density at radius 1 is 1.35 bits per heavy atom. The minimum absolute atomic E-state index is 0.199. The Balaban J connectivity index is 2.55. The third-order valence-electron chi connectivity index (χ3n) is 1.92. The van der Waals surface area contributed by atoms with Crippen LogP contribution in [0.2, 0.25) is 0 Å². The molecule has 1 heterocycles. The second-order valence-electron chi connectivity index (χ2n) is 4.89. The van der Waals surface area contributed by atoms with Crippen LogP contribution in [0.15, 0.2) is 0 Å². The first-order valence-electron chi connectivity index (χ1n) is 5.90. The molecule has 0 aromatic carbocycles. The van der Waals surface area contributed by atoms with Crippen LogP contribution in [0.4, 0.5) is 9.59 Å². The quantitative estimate of drug-likeness (QED) is 0.864. The van der Waals surface area contributed by atoms with E-state index < -0.39 is 17.8 Å². The average Bonchev–Trinajstić information content (AvgIpc) is 2.65. The van der Waals surface area contributed by atoms with Crippen molar-refractivity contribution in [3.63, 3.8) is 0 Å². The maximum atomic E-state index is 11.5. The van der Waals surface area contributed by atoms with Gasteiger partial charge in [0, 0.05) is 0 Å². The van der Waals surface area contributed by atoms with Gasteiger partial charge in [-0.1, -0.05) is 11.3 Å². The first-order valence-corrected chi connectivity index (χ1v) is 6.72. The second kappa shape index (κ2) is 6.56. The van der Waals surface area contributed by atoms with Gasteiger partial charge in [0.25, 0.3) is 0 Å². The fraction of sp³-hybridized carbons (Fsp3) is 0.583. The summed E-state index contributed by atoms with van der Waals surface area (Å²) in [6.07, 6.45) is -1.33. The van der Waals surface area contributed by atoms with Crippen LogP contribution in [-0.2, 0) is 16.0 Å². The number of ether oxygens (including phenoxy) is 3. The molecule has 8 heteroatoms. The average molecular weight is 302 g/mol. The van der Waals surface area contributed by atoms with E-state index in [2.05, 4.69) is 15.0 Å². The standard InChI is InChI=1S/C12H18N2O5S/c1-7-9(18-11(16)17-5)20-8(14-7)6-13-10(15)19-12(2,3)4/h6H2,1-5H3,(H,13,15). The van der Waals surface area contributed by atoms with Crippen LogP contribution in [0.25, 0.3) is 0 Å². The molecule has 0 unspecified atom stereocenters. The number of alkyl carbamates (subject to hydrolysis) is 1. The number of nitrogens with one attached hydrogen (secondary N) is 1. The first-order chi connectivity index (χ1) is 9.21. The lowest BCUT2D eigenvalue weighted by Gasteiger charge is -2.19. The largest absolute Gasteiger partial charge is 0.514 e. The number of hydrogen-bond acceptors (Lipinski definition) is 7. The number of carbonyl (C=O) groups is 2. The van der Waals surface area contributed by atoms with Crippen molar-refractivity contribution in [2.24, 2.45) is 0 Å². The van der Waals surface area contributed by atoms with Crippen LogP contribution in [0.3, 0.4) is 0 Å². The maximum Gasteiger partial charge on any atom is 0.514 e. The molecule has 0 aliphatic heterocycles. The number of nitrogens with zero attached hydrogens (tertiary/aromatic N) is 1. The summed E-state index contributed by atoms with van der Waals surface area (Å²) in [4.78, 5) is 26.7. The molecule has 1 rings (SSSR count). The molecule has 0 saturated carbocycles. The lowest BCUT2D eigenvalue weighted by atomic mass is 10.2. The Morgan fingerprint density at radius 2 is 2.00 bits per heavy atom. The van der Waals surface area contributed by atoms with Crippen LogP contribution >= 0.6 is 11.3 Å². The molecule has 1 aromatic rings. The van der Waals surface area contributed by atoms with Crippen molar-refractivity contribution in [3.8, 4) is 5.06 Å². The van der Waals surface area contributed by atoms with Crippen molar-refractivity contribution in [1.82, 2.24) is 10.3 Å². The van der Waals surface area contributed by atoms with Crippen LogP contribution in [-0.4, -0.2) is 29.9 Å². The molecule has 0 aliphatic carbocycles. The summed E-state index contributed by atoms with van der Waals surface area (Å²) in [7, 11) is 1.23. The van der Waals surface area contributed by atoms with Gasteiger partial charge in [-0.05, 0) is 27.7 Å². The molecule has 0 spiro atoms. The van der Waals surface area contributed by atoms with E-state index in [9.17, 15) is 9.59 Å². The molecule has 0 fully saturated rings. The Hall–Kier alpha value is -1.83. The van der Waals surface area contributed by atoms with E-state index in [1.165, 1.54) is 7.11 Å². The van der Waals surface area contributed by atoms with E-state index in [-0.39, 0.29) is 6.54 Å². The van der Waals surface area contributed by atoms with Crippen molar-refractivity contribution < 1.29 is 23.8 Å².